The highest BCUT2D eigenvalue weighted by molar-refractivity contribution is 6.07. The zero-order chi connectivity index (χ0) is 19.1. The van der Waals surface area contributed by atoms with Crippen LogP contribution in [-0.4, -0.2) is 45.7 Å². The van der Waals surface area contributed by atoms with Crippen LogP contribution in [0.15, 0.2) is 34.9 Å². The average molecular weight is 362 g/mol. The normalized spacial score (nSPS) is 9.96. The third-order valence-electron chi connectivity index (χ3n) is 3.35. The second-order valence-electron chi connectivity index (χ2n) is 4.93. The number of ether oxygens (including phenoxy) is 3. The fourth-order valence-corrected chi connectivity index (χ4v) is 2.02. The van der Waals surface area contributed by atoms with Crippen molar-refractivity contribution in [2.24, 2.45) is 0 Å². The number of methoxy groups -OCH3 is 2. The predicted octanol–water partition coefficient (Wildman–Crippen LogP) is 1.45. The number of hydrogen-bond acceptors (Lipinski definition) is 7. The minimum atomic E-state index is -0.815. The van der Waals surface area contributed by atoms with Crippen molar-refractivity contribution in [3.05, 3.63) is 41.9 Å². The summed E-state index contributed by atoms with van der Waals surface area (Å²) >= 11 is 0. The first kappa shape index (κ1) is 18.8. The molecule has 9 heteroatoms. The number of carbonyl (C=O) groups is 3. The Morgan fingerprint density at radius 3 is 2.38 bits per heavy atom. The van der Waals surface area contributed by atoms with Crippen LogP contribution in [0, 0.1) is 0 Å². The largest absolute Gasteiger partial charge is 0.493 e. The molecule has 0 aliphatic carbocycles. The molecule has 2 aromatic rings. The first-order valence-corrected chi connectivity index (χ1v) is 7.48. The molecular weight excluding hydrogens is 344 g/mol. The summed E-state index contributed by atoms with van der Waals surface area (Å²) in [6, 6.07) is 5.79. The Morgan fingerprint density at radius 1 is 1.12 bits per heavy atom. The highest BCUT2D eigenvalue weighted by Crippen LogP contribution is 2.34. The number of rotatable bonds is 7. The lowest BCUT2D eigenvalue weighted by molar-refractivity contribution is -0.123. The van der Waals surface area contributed by atoms with Gasteiger partial charge >= 0.3 is 5.97 Å². The summed E-state index contributed by atoms with van der Waals surface area (Å²) in [6.45, 7) is -0.463. The van der Waals surface area contributed by atoms with Crippen molar-refractivity contribution in [1.29, 1.82) is 0 Å². The predicted molar refractivity (Wildman–Crippen MR) is 90.6 cm³/mol. The van der Waals surface area contributed by atoms with E-state index < -0.39 is 24.4 Å². The van der Waals surface area contributed by atoms with E-state index in [4.69, 9.17) is 18.6 Å². The number of anilines is 1. The maximum Gasteiger partial charge on any atom is 0.340 e. The van der Waals surface area contributed by atoms with E-state index in [0.29, 0.717) is 5.75 Å². The van der Waals surface area contributed by atoms with Gasteiger partial charge in [0.1, 0.15) is 0 Å². The van der Waals surface area contributed by atoms with Crippen LogP contribution < -0.4 is 20.1 Å². The molecular formula is C17H18N2O7. The molecule has 0 atom stereocenters. The van der Waals surface area contributed by atoms with E-state index >= 15 is 0 Å². The monoisotopic (exact) mass is 362 g/mol. The summed E-state index contributed by atoms with van der Waals surface area (Å²) in [7, 11) is 4.24. The molecule has 0 bridgehead atoms. The van der Waals surface area contributed by atoms with Crippen LogP contribution in [0.3, 0.4) is 0 Å². The van der Waals surface area contributed by atoms with E-state index in [1.807, 2.05) is 0 Å². The minimum absolute atomic E-state index is 0.00791. The smallest absolute Gasteiger partial charge is 0.340 e. The Labute approximate surface area is 149 Å². The van der Waals surface area contributed by atoms with Crippen LogP contribution in [-0.2, 0) is 9.53 Å². The van der Waals surface area contributed by atoms with Gasteiger partial charge in [0, 0.05) is 19.2 Å². The fourth-order valence-electron chi connectivity index (χ4n) is 2.02. The van der Waals surface area contributed by atoms with Crippen LogP contribution in [0.1, 0.15) is 20.9 Å². The Hall–Kier alpha value is -3.49. The molecule has 2 amide bonds. The molecule has 9 nitrogen and oxygen atoms in total. The molecule has 1 aromatic carbocycles. The molecule has 2 N–H and O–H groups in total. The number of carbonyl (C=O) groups excluding carboxylic acids is 3. The van der Waals surface area contributed by atoms with Crippen molar-refractivity contribution in [3.8, 4) is 11.5 Å². The average Bonchev–Trinajstić information content (AvgIpc) is 3.20. The Balaban J connectivity index is 2.35. The van der Waals surface area contributed by atoms with Crippen molar-refractivity contribution >= 4 is 23.5 Å². The van der Waals surface area contributed by atoms with Crippen molar-refractivity contribution in [1.82, 2.24) is 5.32 Å². The summed E-state index contributed by atoms with van der Waals surface area (Å²) < 4.78 is 20.3. The van der Waals surface area contributed by atoms with Crippen molar-refractivity contribution < 1.29 is 33.0 Å². The van der Waals surface area contributed by atoms with Crippen molar-refractivity contribution in [2.45, 2.75) is 0 Å². The third kappa shape index (κ3) is 4.32. The summed E-state index contributed by atoms with van der Waals surface area (Å²) in [5.74, 6) is -1.24. The molecule has 0 aliphatic rings. The minimum Gasteiger partial charge on any atom is -0.493 e. The molecule has 0 saturated heterocycles. The number of amides is 2. The highest BCUT2D eigenvalue weighted by Gasteiger charge is 2.21. The third-order valence-corrected chi connectivity index (χ3v) is 3.35. The van der Waals surface area contributed by atoms with Crippen molar-refractivity contribution in [2.75, 3.05) is 33.2 Å². The molecule has 0 spiro atoms. The van der Waals surface area contributed by atoms with Crippen LogP contribution in [0.5, 0.6) is 11.5 Å². The number of furan rings is 1. The van der Waals surface area contributed by atoms with E-state index in [0.717, 1.165) is 0 Å². The molecule has 138 valence electrons. The Kier molecular flexibility index (Phi) is 6.20. The zero-order valence-corrected chi connectivity index (χ0v) is 14.5. The van der Waals surface area contributed by atoms with E-state index in [1.165, 1.54) is 45.7 Å². The first-order chi connectivity index (χ1) is 12.5. The van der Waals surface area contributed by atoms with Crippen LogP contribution in [0.25, 0.3) is 0 Å². The number of hydrogen-bond donors (Lipinski definition) is 2. The van der Waals surface area contributed by atoms with Crippen LogP contribution in [0.2, 0.25) is 0 Å². The summed E-state index contributed by atoms with van der Waals surface area (Å²) in [6.07, 6.45) is 1.35. The maximum atomic E-state index is 12.3. The van der Waals surface area contributed by atoms with E-state index in [2.05, 4.69) is 10.6 Å². The molecule has 1 heterocycles. The van der Waals surface area contributed by atoms with Crippen LogP contribution in [0.4, 0.5) is 5.69 Å². The van der Waals surface area contributed by atoms with E-state index in [-0.39, 0.29) is 22.8 Å². The Morgan fingerprint density at radius 2 is 1.81 bits per heavy atom. The molecule has 1 aromatic heterocycles. The van der Waals surface area contributed by atoms with Gasteiger partial charge in [0.15, 0.2) is 23.9 Å². The number of esters is 1. The SMILES string of the molecule is CNC(=O)COC(=O)c1cc(OC)c(OC)cc1NC(=O)c1ccco1. The summed E-state index contributed by atoms with van der Waals surface area (Å²) in [5, 5.41) is 4.89. The summed E-state index contributed by atoms with van der Waals surface area (Å²) in [5.41, 5.74) is 0.109. The van der Waals surface area contributed by atoms with Gasteiger partial charge in [-0.15, -0.1) is 0 Å². The van der Waals surface area contributed by atoms with Gasteiger partial charge in [-0.25, -0.2) is 4.79 Å². The van der Waals surface area contributed by atoms with Gasteiger partial charge in [0.25, 0.3) is 11.8 Å². The summed E-state index contributed by atoms with van der Waals surface area (Å²) in [4.78, 5) is 35.8. The lowest BCUT2D eigenvalue weighted by Crippen LogP contribution is -2.25. The lowest BCUT2D eigenvalue weighted by Gasteiger charge is -2.14. The van der Waals surface area contributed by atoms with Gasteiger partial charge in [-0.05, 0) is 12.1 Å². The molecule has 0 fully saturated rings. The number of likely N-dealkylation sites (N-methyl/N-ethyl adjacent to an activating group) is 1. The van der Waals surface area contributed by atoms with Gasteiger partial charge in [-0.1, -0.05) is 0 Å². The molecule has 2 rings (SSSR count). The first-order valence-electron chi connectivity index (χ1n) is 7.48. The standard InChI is InChI=1S/C17H18N2O7/c1-18-15(20)9-26-17(22)10-7-13(23-2)14(24-3)8-11(10)19-16(21)12-5-4-6-25-12/h4-8H,9H2,1-3H3,(H,18,20)(H,19,21). The van der Waals surface area contributed by atoms with E-state index in [1.54, 1.807) is 6.07 Å². The molecule has 0 unspecified atom stereocenters. The van der Waals surface area contributed by atoms with Gasteiger partial charge in [-0.3, -0.25) is 9.59 Å². The van der Waals surface area contributed by atoms with Gasteiger partial charge < -0.3 is 29.3 Å². The quantitative estimate of drug-likeness (QED) is 0.716. The second-order valence-corrected chi connectivity index (χ2v) is 4.93. The number of nitrogens with one attached hydrogen (secondary N) is 2. The van der Waals surface area contributed by atoms with Crippen molar-refractivity contribution in [3.63, 3.8) is 0 Å². The van der Waals surface area contributed by atoms with Gasteiger partial charge in [0.2, 0.25) is 0 Å². The second kappa shape index (κ2) is 8.56. The molecule has 0 saturated carbocycles. The van der Waals surface area contributed by atoms with Gasteiger partial charge in [-0.2, -0.15) is 0 Å². The fraction of sp³-hybridized carbons (Fsp3) is 0.235. The zero-order valence-electron chi connectivity index (χ0n) is 14.5. The maximum absolute atomic E-state index is 12.3. The lowest BCUT2D eigenvalue weighted by atomic mass is 10.1. The highest BCUT2D eigenvalue weighted by atomic mass is 16.5. The Bertz CT molecular complexity index is 800. The topological polar surface area (TPSA) is 116 Å². The van der Waals surface area contributed by atoms with Gasteiger partial charge in [0.05, 0.1) is 31.7 Å². The number of benzene rings is 1. The molecule has 0 radical (unpaired) electrons. The molecule has 0 aliphatic heterocycles. The molecule has 26 heavy (non-hydrogen) atoms. The van der Waals surface area contributed by atoms with Crippen LogP contribution >= 0.6 is 0 Å². The van der Waals surface area contributed by atoms with E-state index in [9.17, 15) is 14.4 Å².